The zero-order chi connectivity index (χ0) is 14.3. The lowest BCUT2D eigenvalue weighted by Crippen LogP contribution is -2.40. The number of aromatic nitrogens is 2. The second-order valence-electron chi connectivity index (χ2n) is 5.86. The van der Waals surface area contributed by atoms with Gasteiger partial charge < -0.3 is 10.6 Å². The zero-order valence-electron chi connectivity index (χ0n) is 11.9. The highest BCUT2D eigenvalue weighted by Gasteiger charge is 2.24. The van der Waals surface area contributed by atoms with E-state index in [1.807, 2.05) is 0 Å². The van der Waals surface area contributed by atoms with Gasteiger partial charge in [-0.25, -0.2) is 4.98 Å². The Labute approximate surface area is 117 Å². The van der Waals surface area contributed by atoms with Crippen LogP contribution in [0.3, 0.4) is 0 Å². The molecule has 5 heteroatoms. The molecular weight excluding hydrogens is 252 g/mol. The van der Waals surface area contributed by atoms with Crippen LogP contribution in [-0.2, 0) is 0 Å². The fourth-order valence-electron chi connectivity index (χ4n) is 2.75. The third-order valence-electron chi connectivity index (χ3n) is 4.35. The molecule has 20 heavy (non-hydrogen) atoms. The normalized spacial score (nSPS) is 23.2. The molecule has 2 heterocycles. The summed E-state index contributed by atoms with van der Waals surface area (Å²) >= 11 is 0. The molecule has 1 aromatic carbocycles. The van der Waals surface area contributed by atoms with Gasteiger partial charge in [0.15, 0.2) is 0 Å². The molecule has 0 spiro atoms. The highest BCUT2D eigenvalue weighted by Crippen LogP contribution is 2.25. The van der Waals surface area contributed by atoms with Gasteiger partial charge in [-0.1, -0.05) is 13.8 Å². The number of H-pyrrole nitrogens is 1. The van der Waals surface area contributed by atoms with Gasteiger partial charge in [0.05, 0.1) is 10.9 Å². The van der Waals surface area contributed by atoms with Crippen molar-refractivity contribution in [2.24, 2.45) is 11.8 Å². The Morgan fingerprint density at radius 3 is 2.90 bits per heavy atom. The molecule has 0 bridgehead atoms. The number of nitrogens with two attached hydrogens (primary N) is 1. The molecule has 3 rings (SSSR count). The van der Waals surface area contributed by atoms with Crippen molar-refractivity contribution in [2.75, 3.05) is 23.7 Å². The Balaban J connectivity index is 2.01. The molecule has 0 amide bonds. The number of hydrogen-bond acceptors (Lipinski definition) is 4. The molecule has 1 fully saturated rings. The number of rotatable bonds is 1. The first-order valence-corrected chi connectivity index (χ1v) is 7.09. The van der Waals surface area contributed by atoms with Crippen LogP contribution in [0.2, 0.25) is 0 Å². The van der Waals surface area contributed by atoms with Crippen molar-refractivity contribution in [3.8, 4) is 0 Å². The minimum Gasteiger partial charge on any atom is -0.399 e. The lowest BCUT2D eigenvalue weighted by atomic mass is 9.89. The summed E-state index contributed by atoms with van der Waals surface area (Å²) in [5.74, 6) is 2.00. The molecule has 1 aromatic heterocycles. The topological polar surface area (TPSA) is 75.0 Å². The van der Waals surface area contributed by atoms with Gasteiger partial charge in [-0.15, -0.1) is 0 Å². The van der Waals surface area contributed by atoms with Crippen LogP contribution in [0.4, 0.5) is 11.6 Å². The number of hydrogen-bond donors (Lipinski definition) is 2. The first-order valence-electron chi connectivity index (χ1n) is 7.09. The second kappa shape index (κ2) is 4.81. The molecule has 0 saturated carbocycles. The van der Waals surface area contributed by atoms with E-state index >= 15 is 0 Å². The van der Waals surface area contributed by atoms with Crippen molar-refractivity contribution in [3.63, 3.8) is 0 Å². The standard InChI is InChI=1S/C15H20N4O/c1-9-5-6-19(8-10(9)2)15-17-13-4-3-11(16)7-12(13)14(20)18-15/h3-4,7,9-10H,5-6,8,16H2,1-2H3,(H,17,18,20). The molecule has 106 valence electrons. The summed E-state index contributed by atoms with van der Waals surface area (Å²) < 4.78 is 0. The lowest BCUT2D eigenvalue weighted by Gasteiger charge is -2.35. The van der Waals surface area contributed by atoms with Gasteiger partial charge in [-0.2, -0.15) is 0 Å². The summed E-state index contributed by atoms with van der Waals surface area (Å²) in [4.78, 5) is 21.8. The van der Waals surface area contributed by atoms with E-state index in [0.717, 1.165) is 25.4 Å². The average Bonchev–Trinajstić information content (AvgIpc) is 2.42. The smallest absolute Gasteiger partial charge is 0.260 e. The summed E-state index contributed by atoms with van der Waals surface area (Å²) in [7, 11) is 0. The minimum absolute atomic E-state index is 0.122. The predicted octanol–water partition coefficient (Wildman–Crippen LogP) is 1.99. The van der Waals surface area contributed by atoms with E-state index in [0.29, 0.717) is 28.5 Å². The van der Waals surface area contributed by atoms with Gasteiger partial charge in [-0.05, 0) is 36.5 Å². The summed E-state index contributed by atoms with van der Waals surface area (Å²) in [5, 5.41) is 0.548. The van der Waals surface area contributed by atoms with E-state index in [9.17, 15) is 4.79 Å². The van der Waals surface area contributed by atoms with Gasteiger partial charge in [0.1, 0.15) is 0 Å². The number of anilines is 2. The molecule has 3 N–H and O–H groups in total. The van der Waals surface area contributed by atoms with Crippen LogP contribution in [0.1, 0.15) is 20.3 Å². The largest absolute Gasteiger partial charge is 0.399 e. The number of piperidine rings is 1. The Morgan fingerprint density at radius 1 is 1.35 bits per heavy atom. The van der Waals surface area contributed by atoms with Gasteiger partial charge >= 0.3 is 0 Å². The minimum atomic E-state index is -0.122. The van der Waals surface area contributed by atoms with E-state index < -0.39 is 0 Å². The van der Waals surface area contributed by atoms with E-state index in [1.54, 1.807) is 18.2 Å². The van der Waals surface area contributed by atoms with Crippen LogP contribution >= 0.6 is 0 Å². The molecule has 1 aliphatic rings. The summed E-state index contributed by atoms with van der Waals surface area (Å²) in [6.45, 7) is 6.40. The maximum absolute atomic E-state index is 12.2. The van der Waals surface area contributed by atoms with Crippen molar-refractivity contribution in [2.45, 2.75) is 20.3 Å². The van der Waals surface area contributed by atoms with Crippen LogP contribution in [0.25, 0.3) is 10.9 Å². The molecule has 0 radical (unpaired) electrons. The molecular formula is C15H20N4O. The molecule has 2 atom stereocenters. The molecule has 5 nitrogen and oxygen atoms in total. The number of nitrogen functional groups attached to an aromatic ring is 1. The Kier molecular flexibility index (Phi) is 3.12. The number of nitrogens with zero attached hydrogens (tertiary/aromatic N) is 2. The SMILES string of the molecule is CC1CCN(c2nc3ccc(N)cc3c(=O)[nH]2)CC1C. The van der Waals surface area contributed by atoms with Crippen LogP contribution in [-0.4, -0.2) is 23.1 Å². The van der Waals surface area contributed by atoms with Crippen molar-refractivity contribution in [1.29, 1.82) is 0 Å². The number of benzene rings is 1. The van der Waals surface area contributed by atoms with Crippen molar-refractivity contribution >= 4 is 22.5 Å². The van der Waals surface area contributed by atoms with Gasteiger partial charge in [0.2, 0.25) is 5.95 Å². The second-order valence-corrected chi connectivity index (χ2v) is 5.86. The Hall–Kier alpha value is -2.04. The van der Waals surface area contributed by atoms with Crippen molar-refractivity contribution in [1.82, 2.24) is 9.97 Å². The fraction of sp³-hybridized carbons (Fsp3) is 0.467. The Morgan fingerprint density at radius 2 is 2.15 bits per heavy atom. The summed E-state index contributed by atoms with van der Waals surface area (Å²) in [6, 6.07) is 5.25. The van der Waals surface area contributed by atoms with E-state index in [1.165, 1.54) is 0 Å². The number of nitrogens with one attached hydrogen (secondary N) is 1. The predicted molar refractivity (Wildman–Crippen MR) is 81.9 cm³/mol. The molecule has 2 unspecified atom stereocenters. The third-order valence-corrected chi connectivity index (χ3v) is 4.35. The quantitative estimate of drug-likeness (QED) is 0.778. The molecule has 1 aliphatic heterocycles. The lowest BCUT2D eigenvalue weighted by molar-refractivity contribution is 0.321. The van der Waals surface area contributed by atoms with Gasteiger partial charge in [0.25, 0.3) is 5.56 Å². The number of fused-ring (bicyclic) bond motifs is 1. The van der Waals surface area contributed by atoms with Gasteiger partial charge in [-0.3, -0.25) is 9.78 Å². The molecule has 0 aliphatic carbocycles. The van der Waals surface area contributed by atoms with Crippen LogP contribution in [0.15, 0.2) is 23.0 Å². The first kappa shape index (κ1) is 13.0. The maximum Gasteiger partial charge on any atom is 0.260 e. The molecule has 2 aromatic rings. The van der Waals surface area contributed by atoms with Crippen molar-refractivity contribution in [3.05, 3.63) is 28.6 Å². The van der Waals surface area contributed by atoms with Crippen molar-refractivity contribution < 1.29 is 0 Å². The molecule has 1 saturated heterocycles. The van der Waals surface area contributed by atoms with E-state index in [-0.39, 0.29) is 5.56 Å². The van der Waals surface area contributed by atoms with Crippen LogP contribution < -0.4 is 16.2 Å². The zero-order valence-corrected chi connectivity index (χ0v) is 11.9. The highest BCUT2D eigenvalue weighted by molar-refractivity contribution is 5.81. The van der Waals surface area contributed by atoms with E-state index in [2.05, 4.69) is 28.7 Å². The Bertz CT molecular complexity index is 694. The average molecular weight is 272 g/mol. The number of aromatic amines is 1. The van der Waals surface area contributed by atoms with Crippen LogP contribution in [0.5, 0.6) is 0 Å². The summed E-state index contributed by atoms with van der Waals surface area (Å²) in [5.41, 5.74) is 6.87. The summed E-state index contributed by atoms with van der Waals surface area (Å²) in [6.07, 6.45) is 1.13. The fourth-order valence-corrected chi connectivity index (χ4v) is 2.75. The highest BCUT2D eigenvalue weighted by atomic mass is 16.1. The maximum atomic E-state index is 12.2. The van der Waals surface area contributed by atoms with Crippen LogP contribution in [0, 0.1) is 11.8 Å². The first-order chi connectivity index (χ1) is 9.54. The monoisotopic (exact) mass is 272 g/mol. The van der Waals surface area contributed by atoms with E-state index in [4.69, 9.17) is 5.73 Å². The van der Waals surface area contributed by atoms with Gasteiger partial charge in [0, 0.05) is 18.8 Å². The third kappa shape index (κ3) is 2.24.